The molecule has 0 aliphatic rings. The minimum Gasteiger partial charge on any atom is -0.357 e. The average molecular weight is 249 g/mol. The first kappa shape index (κ1) is 12.2. The number of likely N-dealkylation sites (N-methyl/N-ethyl adjacent to an activating group) is 1. The Morgan fingerprint density at radius 3 is 3.06 bits per heavy atom. The normalized spacial score (nSPS) is 12.4. The SMILES string of the molecule is CCN(C)C(=O)C(C)Nc1ccc2nnnn2n1. The fraction of sp³-hybridized carbons (Fsp3) is 0.500. The summed E-state index contributed by atoms with van der Waals surface area (Å²) in [5.41, 5.74) is 0.560. The quantitative estimate of drug-likeness (QED) is 0.807. The summed E-state index contributed by atoms with van der Waals surface area (Å²) in [5.74, 6) is 0.566. The zero-order chi connectivity index (χ0) is 13.1. The molecule has 0 spiro atoms. The van der Waals surface area contributed by atoms with Gasteiger partial charge in [-0.1, -0.05) is 0 Å². The molecule has 0 saturated heterocycles. The van der Waals surface area contributed by atoms with E-state index in [1.165, 1.54) is 4.63 Å². The maximum atomic E-state index is 11.9. The molecule has 0 aliphatic carbocycles. The predicted octanol–water partition coefficient (Wildman–Crippen LogP) is -0.202. The Kier molecular flexibility index (Phi) is 3.35. The first-order valence-electron chi connectivity index (χ1n) is 5.68. The van der Waals surface area contributed by atoms with Gasteiger partial charge >= 0.3 is 0 Å². The molecule has 0 radical (unpaired) electrons. The average Bonchev–Trinajstić information content (AvgIpc) is 2.84. The number of rotatable bonds is 4. The van der Waals surface area contributed by atoms with Crippen molar-refractivity contribution in [1.29, 1.82) is 0 Å². The molecule has 1 atom stereocenters. The smallest absolute Gasteiger partial charge is 0.244 e. The van der Waals surface area contributed by atoms with Crippen molar-refractivity contribution in [2.45, 2.75) is 19.9 Å². The summed E-state index contributed by atoms with van der Waals surface area (Å²) >= 11 is 0. The van der Waals surface area contributed by atoms with Crippen molar-refractivity contribution in [3.05, 3.63) is 12.1 Å². The summed E-state index contributed by atoms with van der Waals surface area (Å²) in [5, 5.41) is 18.1. The highest BCUT2D eigenvalue weighted by molar-refractivity contribution is 5.83. The van der Waals surface area contributed by atoms with Gasteiger partial charge in [-0.15, -0.1) is 14.8 Å². The van der Waals surface area contributed by atoms with Crippen LogP contribution in [0.2, 0.25) is 0 Å². The number of tetrazole rings is 1. The van der Waals surface area contributed by atoms with Crippen LogP contribution in [0.25, 0.3) is 5.65 Å². The van der Waals surface area contributed by atoms with E-state index in [1.807, 2.05) is 6.92 Å². The highest BCUT2D eigenvalue weighted by Crippen LogP contribution is 2.06. The summed E-state index contributed by atoms with van der Waals surface area (Å²) < 4.78 is 1.31. The Balaban J connectivity index is 2.10. The molecule has 1 N–H and O–H groups in total. The van der Waals surface area contributed by atoms with Crippen LogP contribution < -0.4 is 5.32 Å². The molecule has 1 unspecified atom stereocenters. The van der Waals surface area contributed by atoms with Crippen molar-refractivity contribution in [3.8, 4) is 0 Å². The first-order chi connectivity index (χ1) is 8.61. The molecule has 0 bridgehead atoms. The topological polar surface area (TPSA) is 88.3 Å². The van der Waals surface area contributed by atoms with E-state index in [1.54, 1.807) is 31.0 Å². The Morgan fingerprint density at radius 2 is 2.33 bits per heavy atom. The van der Waals surface area contributed by atoms with Crippen LogP contribution in [0.1, 0.15) is 13.8 Å². The van der Waals surface area contributed by atoms with Crippen molar-refractivity contribution in [3.63, 3.8) is 0 Å². The van der Waals surface area contributed by atoms with Crippen LogP contribution in [0.15, 0.2) is 12.1 Å². The second-order valence-corrected chi connectivity index (χ2v) is 3.96. The first-order valence-corrected chi connectivity index (χ1v) is 5.68. The number of carbonyl (C=O) groups is 1. The fourth-order valence-electron chi connectivity index (χ4n) is 1.50. The molecule has 0 fully saturated rings. The third kappa shape index (κ3) is 2.36. The van der Waals surface area contributed by atoms with E-state index in [9.17, 15) is 4.79 Å². The number of hydrogen-bond donors (Lipinski definition) is 1. The van der Waals surface area contributed by atoms with Crippen molar-refractivity contribution in [2.24, 2.45) is 0 Å². The molecule has 1 amide bonds. The van der Waals surface area contributed by atoms with Crippen LogP contribution in [0.5, 0.6) is 0 Å². The monoisotopic (exact) mass is 249 g/mol. The largest absolute Gasteiger partial charge is 0.357 e. The molecule has 18 heavy (non-hydrogen) atoms. The van der Waals surface area contributed by atoms with Gasteiger partial charge in [0.15, 0.2) is 5.65 Å². The van der Waals surface area contributed by atoms with Crippen molar-refractivity contribution < 1.29 is 4.79 Å². The lowest BCUT2D eigenvalue weighted by Gasteiger charge is -2.20. The van der Waals surface area contributed by atoms with Gasteiger partial charge in [-0.05, 0) is 36.4 Å². The number of amides is 1. The van der Waals surface area contributed by atoms with E-state index in [4.69, 9.17) is 0 Å². The number of aromatic nitrogens is 5. The highest BCUT2D eigenvalue weighted by atomic mass is 16.2. The van der Waals surface area contributed by atoms with Crippen LogP contribution in [0.4, 0.5) is 5.82 Å². The summed E-state index contributed by atoms with van der Waals surface area (Å²) in [4.78, 5) is 13.5. The van der Waals surface area contributed by atoms with Gasteiger partial charge in [0.2, 0.25) is 5.91 Å². The van der Waals surface area contributed by atoms with Crippen molar-refractivity contribution >= 4 is 17.4 Å². The molecule has 2 aromatic rings. The summed E-state index contributed by atoms with van der Waals surface area (Å²) in [6, 6.07) is 3.12. The molecular weight excluding hydrogens is 234 g/mol. The van der Waals surface area contributed by atoms with Crippen molar-refractivity contribution in [1.82, 2.24) is 30.2 Å². The highest BCUT2D eigenvalue weighted by Gasteiger charge is 2.16. The van der Waals surface area contributed by atoms with E-state index in [0.29, 0.717) is 18.0 Å². The van der Waals surface area contributed by atoms with E-state index in [0.717, 1.165) is 0 Å². The van der Waals surface area contributed by atoms with Crippen molar-refractivity contribution in [2.75, 3.05) is 18.9 Å². The molecule has 2 aromatic heterocycles. The third-order valence-electron chi connectivity index (χ3n) is 2.65. The minimum atomic E-state index is -0.351. The Labute approximate surface area is 104 Å². The molecule has 0 saturated carbocycles. The number of anilines is 1. The van der Waals surface area contributed by atoms with Crippen LogP contribution in [0, 0.1) is 0 Å². The molecular formula is C10H15N7O. The van der Waals surface area contributed by atoms with Crippen LogP contribution in [-0.2, 0) is 4.79 Å². The number of nitrogens with one attached hydrogen (secondary N) is 1. The molecule has 96 valence electrons. The van der Waals surface area contributed by atoms with Gasteiger partial charge in [0.1, 0.15) is 11.9 Å². The van der Waals surface area contributed by atoms with Gasteiger partial charge in [-0.25, -0.2) is 0 Å². The van der Waals surface area contributed by atoms with Crippen LogP contribution >= 0.6 is 0 Å². The van der Waals surface area contributed by atoms with E-state index >= 15 is 0 Å². The zero-order valence-corrected chi connectivity index (χ0v) is 10.5. The summed E-state index contributed by atoms with van der Waals surface area (Å²) in [6.07, 6.45) is 0. The molecule has 0 aliphatic heterocycles. The lowest BCUT2D eigenvalue weighted by Crippen LogP contribution is -2.39. The Bertz CT molecular complexity index is 552. The number of hydrogen-bond acceptors (Lipinski definition) is 6. The lowest BCUT2D eigenvalue weighted by molar-refractivity contribution is -0.130. The lowest BCUT2D eigenvalue weighted by atomic mass is 10.3. The molecule has 8 heteroatoms. The van der Waals surface area contributed by atoms with Gasteiger partial charge < -0.3 is 10.2 Å². The number of carbonyl (C=O) groups excluding carboxylic acids is 1. The van der Waals surface area contributed by atoms with E-state index in [-0.39, 0.29) is 11.9 Å². The van der Waals surface area contributed by atoms with Gasteiger partial charge in [0.25, 0.3) is 0 Å². The molecule has 2 heterocycles. The van der Waals surface area contributed by atoms with Gasteiger partial charge in [0.05, 0.1) is 0 Å². The van der Waals surface area contributed by atoms with E-state index < -0.39 is 0 Å². The second kappa shape index (κ2) is 4.94. The van der Waals surface area contributed by atoms with Gasteiger partial charge in [0, 0.05) is 13.6 Å². The fourth-order valence-corrected chi connectivity index (χ4v) is 1.50. The van der Waals surface area contributed by atoms with Crippen LogP contribution in [-0.4, -0.2) is 55.7 Å². The van der Waals surface area contributed by atoms with Gasteiger partial charge in [-0.3, -0.25) is 4.79 Å². The maximum absolute atomic E-state index is 11.9. The summed E-state index contributed by atoms with van der Waals surface area (Å²) in [6.45, 7) is 4.39. The number of nitrogens with zero attached hydrogens (tertiary/aromatic N) is 6. The standard InChI is InChI=1S/C10H15N7O/c1-4-16(3)10(18)7(2)11-8-5-6-9-12-14-15-17(9)13-8/h5-7H,4H2,1-3H3,(H,11,13). The molecule has 2 rings (SSSR count). The molecule has 0 aromatic carbocycles. The minimum absolute atomic E-state index is 0.0103. The second-order valence-electron chi connectivity index (χ2n) is 3.96. The van der Waals surface area contributed by atoms with Crippen LogP contribution in [0.3, 0.4) is 0 Å². The predicted molar refractivity (Wildman–Crippen MR) is 65.0 cm³/mol. The number of fused-ring (bicyclic) bond motifs is 1. The maximum Gasteiger partial charge on any atom is 0.244 e. The van der Waals surface area contributed by atoms with E-state index in [2.05, 4.69) is 25.9 Å². The Hall–Kier alpha value is -2.25. The molecule has 8 nitrogen and oxygen atoms in total. The zero-order valence-electron chi connectivity index (χ0n) is 10.5. The summed E-state index contributed by atoms with van der Waals surface area (Å²) in [7, 11) is 1.76. The Morgan fingerprint density at radius 1 is 1.56 bits per heavy atom. The third-order valence-corrected chi connectivity index (χ3v) is 2.65. The van der Waals surface area contributed by atoms with Gasteiger partial charge in [-0.2, -0.15) is 0 Å².